The van der Waals surface area contributed by atoms with E-state index in [0.29, 0.717) is 5.02 Å². The normalized spacial score (nSPS) is 10.9. The fourth-order valence-electron chi connectivity index (χ4n) is 1.58. The molecule has 0 unspecified atom stereocenters. The molecule has 3 N–H and O–H groups in total. The van der Waals surface area contributed by atoms with Crippen LogP contribution < -0.4 is 10.5 Å². The lowest BCUT2D eigenvalue weighted by Crippen LogP contribution is -2.13. The van der Waals surface area contributed by atoms with E-state index < -0.39 is 15.8 Å². The third kappa shape index (κ3) is 3.24. The number of nitrogens with zero attached hydrogens (tertiary/aromatic N) is 1. The van der Waals surface area contributed by atoms with Crippen molar-refractivity contribution in [2.75, 3.05) is 10.5 Å². The maximum absolute atomic E-state index is 13.2. The molecule has 5 nitrogen and oxygen atoms in total. The van der Waals surface area contributed by atoms with Gasteiger partial charge in [-0.2, -0.15) is 5.26 Å². The summed E-state index contributed by atoms with van der Waals surface area (Å²) in [6.45, 7) is 0. The molecule has 0 aliphatic rings. The van der Waals surface area contributed by atoms with Crippen molar-refractivity contribution in [2.24, 2.45) is 0 Å². The Bertz CT molecular complexity index is 847. The first-order valence-corrected chi connectivity index (χ1v) is 7.47. The Balaban J connectivity index is 2.38. The van der Waals surface area contributed by atoms with Crippen LogP contribution in [0.5, 0.6) is 0 Å². The van der Waals surface area contributed by atoms with Crippen molar-refractivity contribution in [2.45, 2.75) is 4.90 Å². The molecule has 2 aromatic carbocycles. The van der Waals surface area contributed by atoms with Crippen molar-refractivity contribution < 1.29 is 12.8 Å². The van der Waals surface area contributed by atoms with Crippen LogP contribution in [-0.4, -0.2) is 8.42 Å². The number of halogens is 2. The van der Waals surface area contributed by atoms with Gasteiger partial charge in [0.05, 0.1) is 26.9 Å². The number of nitriles is 1. The van der Waals surface area contributed by atoms with Gasteiger partial charge < -0.3 is 5.73 Å². The maximum Gasteiger partial charge on any atom is 0.261 e. The molecule has 0 spiro atoms. The number of benzene rings is 2. The number of sulfonamides is 1. The van der Waals surface area contributed by atoms with E-state index in [1.54, 1.807) is 6.07 Å². The predicted molar refractivity (Wildman–Crippen MR) is 77.8 cm³/mol. The zero-order valence-corrected chi connectivity index (χ0v) is 12.0. The van der Waals surface area contributed by atoms with Crippen LogP contribution in [0.1, 0.15) is 5.56 Å². The number of rotatable bonds is 3. The highest BCUT2D eigenvalue weighted by atomic mass is 35.5. The molecular weight excluding hydrogens is 317 g/mol. The third-order valence-corrected chi connectivity index (χ3v) is 4.34. The summed E-state index contributed by atoms with van der Waals surface area (Å²) < 4.78 is 39.8. The third-order valence-electron chi connectivity index (χ3n) is 2.62. The molecule has 0 aromatic heterocycles. The second kappa shape index (κ2) is 5.60. The standard InChI is InChI=1S/C13H9ClFN3O2S/c14-11-3-1-9(6-13(11)17)18-21(19,20)10-2-4-12(15)8(5-10)7-16/h1-6,18H,17H2. The summed E-state index contributed by atoms with van der Waals surface area (Å²) in [5.74, 6) is -0.785. The van der Waals surface area contributed by atoms with Gasteiger partial charge in [-0.25, -0.2) is 12.8 Å². The molecule has 21 heavy (non-hydrogen) atoms. The molecule has 0 bridgehead atoms. The van der Waals surface area contributed by atoms with Gasteiger partial charge in [0.2, 0.25) is 0 Å². The number of anilines is 2. The molecule has 0 aliphatic heterocycles. The Kier molecular flexibility index (Phi) is 4.02. The number of hydrogen-bond acceptors (Lipinski definition) is 4. The fraction of sp³-hybridized carbons (Fsp3) is 0. The molecule has 0 saturated carbocycles. The quantitative estimate of drug-likeness (QED) is 0.848. The number of nitrogens with one attached hydrogen (secondary N) is 1. The van der Waals surface area contributed by atoms with Crippen molar-refractivity contribution in [1.82, 2.24) is 0 Å². The molecule has 0 aliphatic carbocycles. The van der Waals surface area contributed by atoms with Crippen molar-refractivity contribution >= 4 is 33.0 Å². The van der Waals surface area contributed by atoms with Crippen LogP contribution in [0.2, 0.25) is 5.02 Å². The summed E-state index contributed by atoms with van der Waals surface area (Å²) in [6.07, 6.45) is 0. The lowest BCUT2D eigenvalue weighted by molar-refractivity contribution is 0.599. The second-order valence-corrected chi connectivity index (χ2v) is 6.18. The largest absolute Gasteiger partial charge is 0.397 e. The molecule has 0 saturated heterocycles. The Hall–Kier alpha value is -2.30. The van der Waals surface area contributed by atoms with Gasteiger partial charge in [0.15, 0.2) is 0 Å². The Labute approximate surface area is 125 Å². The van der Waals surface area contributed by atoms with E-state index in [1.807, 2.05) is 0 Å². The van der Waals surface area contributed by atoms with Gasteiger partial charge in [-0.05, 0) is 36.4 Å². The first-order valence-electron chi connectivity index (χ1n) is 5.61. The van der Waals surface area contributed by atoms with Gasteiger partial charge in [0.1, 0.15) is 11.9 Å². The molecule has 108 valence electrons. The maximum atomic E-state index is 13.2. The van der Waals surface area contributed by atoms with Crippen LogP contribution in [0.15, 0.2) is 41.3 Å². The zero-order valence-electron chi connectivity index (χ0n) is 10.5. The molecule has 0 radical (unpaired) electrons. The summed E-state index contributed by atoms with van der Waals surface area (Å²) in [5, 5.41) is 9.03. The first kappa shape index (κ1) is 15.1. The smallest absolute Gasteiger partial charge is 0.261 e. The van der Waals surface area contributed by atoms with Crippen LogP contribution in [0.3, 0.4) is 0 Å². The molecule has 0 fully saturated rings. The highest BCUT2D eigenvalue weighted by molar-refractivity contribution is 7.92. The summed E-state index contributed by atoms with van der Waals surface area (Å²) in [6, 6.07) is 8.76. The molecule has 2 aromatic rings. The Morgan fingerprint density at radius 2 is 1.95 bits per heavy atom. The summed E-state index contributed by atoms with van der Waals surface area (Å²) in [5.41, 5.74) is 5.66. The van der Waals surface area contributed by atoms with Crippen LogP contribution in [0, 0.1) is 17.1 Å². The monoisotopic (exact) mass is 325 g/mol. The number of hydrogen-bond donors (Lipinski definition) is 2. The highest BCUT2D eigenvalue weighted by Gasteiger charge is 2.17. The van der Waals surface area contributed by atoms with Gasteiger partial charge >= 0.3 is 0 Å². The zero-order chi connectivity index (χ0) is 15.6. The van der Waals surface area contributed by atoms with E-state index in [9.17, 15) is 12.8 Å². The van der Waals surface area contributed by atoms with E-state index in [0.717, 1.165) is 18.2 Å². The lowest BCUT2D eigenvalue weighted by atomic mass is 10.2. The minimum absolute atomic E-state index is 0.208. The van der Waals surface area contributed by atoms with Crippen LogP contribution in [0.25, 0.3) is 0 Å². The van der Waals surface area contributed by atoms with E-state index in [-0.39, 0.29) is 21.8 Å². The Morgan fingerprint density at radius 1 is 1.24 bits per heavy atom. The van der Waals surface area contributed by atoms with E-state index in [1.165, 1.54) is 18.2 Å². The second-order valence-electron chi connectivity index (χ2n) is 4.10. The van der Waals surface area contributed by atoms with E-state index in [2.05, 4.69) is 4.72 Å². The van der Waals surface area contributed by atoms with Crippen molar-refractivity contribution in [3.63, 3.8) is 0 Å². The Morgan fingerprint density at radius 3 is 2.57 bits per heavy atom. The average molecular weight is 326 g/mol. The van der Waals surface area contributed by atoms with Crippen LogP contribution in [-0.2, 0) is 10.0 Å². The van der Waals surface area contributed by atoms with Gasteiger partial charge in [0, 0.05) is 0 Å². The van der Waals surface area contributed by atoms with Gasteiger partial charge in [-0.15, -0.1) is 0 Å². The highest BCUT2D eigenvalue weighted by Crippen LogP contribution is 2.24. The van der Waals surface area contributed by atoms with Gasteiger partial charge in [-0.3, -0.25) is 4.72 Å². The fourth-order valence-corrected chi connectivity index (χ4v) is 2.77. The van der Waals surface area contributed by atoms with E-state index >= 15 is 0 Å². The minimum Gasteiger partial charge on any atom is -0.397 e. The minimum atomic E-state index is -3.96. The summed E-state index contributed by atoms with van der Waals surface area (Å²) in [4.78, 5) is -0.228. The van der Waals surface area contributed by atoms with Crippen molar-refractivity contribution in [1.29, 1.82) is 5.26 Å². The molecule has 2 rings (SSSR count). The van der Waals surface area contributed by atoms with Crippen LogP contribution >= 0.6 is 11.6 Å². The summed E-state index contributed by atoms with van der Waals surface area (Å²) >= 11 is 5.75. The predicted octanol–water partition coefficient (Wildman–Crippen LogP) is 2.73. The van der Waals surface area contributed by atoms with Gasteiger partial charge in [0.25, 0.3) is 10.0 Å². The van der Waals surface area contributed by atoms with Crippen molar-refractivity contribution in [3.8, 4) is 6.07 Å². The molecule has 0 heterocycles. The summed E-state index contributed by atoms with van der Waals surface area (Å²) in [7, 11) is -3.96. The molecule has 0 atom stereocenters. The SMILES string of the molecule is N#Cc1cc(S(=O)(=O)Nc2ccc(Cl)c(N)c2)ccc1F. The van der Waals surface area contributed by atoms with Gasteiger partial charge in [-0.1, -0.05) is 11.6 Å². The molecular formula is C13H9ClFN3O2S. The van der Waals surface area contributed by atoms with E-state index in [4.69, 9.17) is 22.6 Å². The van der Waals surface area contributed by atoms with Crippen LogP contribution in [0.4, 0.5) is 15.8 Å². The average Bonchev–Trinajstić information content (AvgIpc) is 2.43. The first-order chi connectivity index (χ1) is 9.83. The topological polar surface area (TPSA) is 96.0 Å². The number of nitrogens with two attached hydrogens (primary N) is 1. The molecule has 0 amide bonds. The number of nitrogen functional groups attached to an aromatic ring is 1. The van der Waals surface area contributed by atoms with Crippen molar-refractivity contribution in [3.05, 3.63) is 52.8 Å². The lowest BCUT2D eigenvalue weighted by Gasteiger charge is -2.09. The molecule has 8 heteroatoms.